The van der Waals surface area contributed by atoms with Gasteiger partial charge >= 0.3 is 0 Å². The number of benzene rings is 1. The van der Waals surface area contributed by atoms with Crippen molar-refractivity contribution in [3.05, 3.63) is 35.9 Å². The molecular formula is C25H44IN5O. The summed E-state index contributed by atoms with van der Waals surface area (Å²) < 4.78 is 5.22. The molecule has 2 fully saturated rings. The number of hydrogen-bond acceptors (Lipinski definition) is 4. The van der Waals surface area contributed by atoms with Gasteiger partial charge in [-0.25, -0.2) is 0 Å². The summed E-state index contributed by atoms with van der Waals surface area (Å²) in [6, 6.07) is 11.6. The summed E-state index contributed by atoms with van der Waals surface area (Å²) in [6.07, 6.45) is 7.28. The average Bonchev–Trinajstić information content (AvgIpc) is 3.26. The van der Waals surface area contributed by atoms with E-state index in [0.717, 1.165) is 58.1 Å². The molecule has 1 aliphatic heterocycles. The first kappa shape index (κ1) is 27.3. The van der Waals surface area contributed by atoms with Gasteiger partial charge in [0.1, 0.15) is 0 Å². The summed E-state index contributed by atoms with van der Waals surface area (Å²) >= 11 is 0. The molecule has 1 aromatic carbocycles. The number of nitrogens with one attached hydrogen (secondary N) is 3. The minimum atomic E-state index is 0. The van der Waals surface area contributed by atoms with E-state index in [2.05, 4.69) is 65.0 Å². The second-order valence-electron chi connectivity index (χ2n) is 9.21. The number of nitrogens with zero attached hydrogens (tertiary/aromatic N) is 2. The van der Waals surface area contributed by atoms with Crippen LogP contribution in [0.5, 0.6) is 0 Å². The lowest BCUT2D eigenvalue weighted by Gasteiger charge is -2.34. The zero-order valence-electron chi connectivity index (χ0n) is 20.2. The number of guanidine groups is 1. The van der Waals surface area contributed by atoms with Crippen LogP contribution in [-0.2, 0) is 4.74 Å². The Kier molecular flexibility index (Phi) is 12.3. The van der Waals surface area contributed by atoms with Crippen LogP contribution in [0.1, 0.15) is 64.0 Å². The number of piperidine rings is 1. The van der Waals surface area contributed by atoms with Crippen LogP contribution < -0.4 is 16.0 Å². The molecule has 1 saturated carbocycles. The van der Waals surface area contributed by atoms with Crippen LogP contribution in [-0.4, -0.2) is 68.9 Å². The molecule has 0 radical (unpaired) electrons. The lowest BCUT2D eigenvalue weighted by atomic mass is 9.95. The highest BCUT2D eigenvalue weighted by Gasteiger charge is 2.35. The summed E-state index contributed by atoms with van der Waals surface area (Å²) in [4.78, 5) is 7.57. The van der Waals surface area contributed by atoms with Gasteiger partial charge in [-0.15, -0.1) is 24.0 Å². The third kappa shape index (κ3) is 8.47. The van der Waals surface area contributed by atoms with Crippen molar-refractivity contribution in [2.24, 2.45) is 4.99 Å². The molecule has 1 heterocycles. The van der Waals surface area contributed by atoms with Gasteiger partial charge in [0.05, 0.1) is 13.2 Å². The molecule has 0 bridgehead atoms. The monoisotopic (exact) mass is 557 g/mol. The second kappa shape index (κ2) is 14.4. The number of hydrogen-bond donors (Lipinski definition) is 3. The molecule has 3 rings (SSSR count). The molecule has 0 aromatic heterocycles. The molecule has 6 nitrogen and oxygen atoms in total. The molecule has 7 heteroatoms. The van der Waals surface area contributed by atoms with Crippen molar-refractivity contribution in [2.75, 3.05) is 46.4 Å². The Morgan fingerprint density at radius 2 is 1.88 bits per heavy atom. The van der Waals surface area contributed by atoms with E-state index in [0.29, 0.717) is 12.1 Å². The van der Waals surface area contributed by atoms with E-state index < -0.39 is 0 Å². The summed E-state index contributed by atoms with van der Waals surface area (Å²) in [7, 11) is 1.78. The van der Waals surface area contributed by atoms with E-state index in [1.807, 2.05) is 0 Å². The summed E-state index contributed by atoms with van der Waals surface area (Å²) in [5.41, 5.74) is 1.45. The molecule has 182 valence electrons. The lowest BCUT2D eigenvalue weighted by molar-refractivity contribution is 0.128. The van der Waals surface area contributed by atoms with E-state index in [-0.39, 0.29) is 29.5 Å². The molecule has 1 aromatic rings. The topological polar surface area (TPSA) is 60.9 Å². The highest BCUT2D eigenvalue weighted by atomic mass is 127. The van der Waals surface area contributed by atoms with Crippen LogP contribution in [0, 0.1) is 0 Å². The van der Waals surface area contributed by atoms with E-state index >= 15 is 0 Å². The highest BCUT2D eigenvalue weighted by molar-refractivity contribution is 14.0. The van der Waals surface area contributed by atoms with Gasteiger partial charge in [-0.1, -0.05) is 43.2 Å². The maximum Gasteiger partial charge on any atom is 0.191 e. The summed E-state index contributed by atoms with van der Waals surface area (Å²) in [5, 5.41) is 11.1. The van der Waals surface area contributed by atoms with E-state index in [9.17, 15) is 0 Å². The Morgan fingerprint density at radius 3 is 2.50 bits per heavy atom. The molecular weight excluding hydrogens is 513 g/mol. The van der Waals surface area contributed by atoms with Gasteiger partial charge in [-0.05, 0) is 45.1 Å². The third-order valence-electron chi connectivity index (χ3n) is 6.81. The number of ether oxygens (including phenoxy) is 1. The van der Waals surface area contributed by atoms with Gasteiger partial charge in [-0.2, -0.15) is 0 Å². The Hall–Kier alpha value is -0.900. The SMILES string of the molecule is CCNC(=NCC1(NC(C)c2ccccc2)CCCC1)NC1CCN(CCOC)CC1.I. The zero-order chi connectivity index (χ0) is 21.9. The first-order chi connectivity index (χ1) is 15.1. The molecule has 0 amide bonds. The third-order valence-corrected chi connectivity index (χ3v) is 6.81. The van der Waals surface area contributed by atoms with Crippen molar-refractivity contribution in [1.82, 2.24) is 20.9 Å². The maximum absolute atomic E-state index is 5.22. The van der Waals surface area contributed by atoms with Crippen LogP contribution >= 0.6 is 24.0 Å². The van der Waals surface area contributed by atoms with E-state index in [1.165, 1.54) is 31.2 Å². The van der Waals surface area contributed by atoms with Crippen LogP contribution in [0.15, 0.2) is 35.3 Å². The zero-order valence-corrected chi connectivity index (χ0v) is 22.6. The van der Waals surface area contributed by atoms with Crippen molar-refractivity contribution in [1.29, 1.82) is 0 Å². The molecule has 32 heavy (non-hydrogen) atoms. The van der Waals surface area contributed by atoms with Gasteiger partial charge in [0.15, 0.2) is 5.96 Å². The number of aliphatic imine (C=N–C) groups is 1. The largest absolute Gasteiger partial charge is 0.383 e. The first-order valence-corrected chi connectivity index (χ1v) is 12.2. The molecule has 1 aliphatic carbocycles. The second-order valence-corrected chi connectivity index (χ2v) is 9.21. The fourth-order valence-electron chi connectivity index (χ4n) is 4.95. The van der Waals surface area contributed by atoms with Gasteiger partial charge in [0.25, 0.3) is 0 Å². The van der Waals surface area contributed by atoms with Gasteiger partial charge in [0, 0.05) is 50.9 Å². The predicted octanol–water partition coefficient (Wildman–Crippen LogP) is 3.93. The van der Waals surface area contributed by atoms with Crippen molar-refractivity contribution in [2.45, 2.75) is 70.0 Å². The molecule has 2 aliphatic rings. The highest BCUT2D eigenvalue weighted by Crippen LogP contribution is 2.32. The lowest BCUT2D eigenvalue weighted by Crippen LogP contribution is -2.51. The summed E-state index contributed by atoms with van der Waals surface area (Å²) in [6.45, 7) is 10.2. The van der Waals surface area contributed by atoms with Crippen molar-refractivity contribution in [3.8, 4) is 0 Å². The van der Waals surface area contributed by atoms with Gasteiger partial charge < -0.3 is 25.6 Å². The Balaban J connectivity index is 0.00000363. The van der Waals surface area contributed by atoms with Gasteiger partial charge in [0.2, 0.25) is 0 Å². The smallest absolute Gasteiger partial charge is 0.191 e. The fourth-order valence-corrected chi connectivity index (χ4v) is 4.95. The quantitative estimate of drug-likeness (QED) is 0.231. The average molecular weight is 558 g/mol. The fraction of sp³-hybridized carbons (Fsp3) is 0.720. The van der Waals surface area contributed by atoms with E-state index in [1.54, 1.807) is 7.11 Å². The normalized spacial score (nSPS) is 20.5. The number of rotatable bonds is 10. The minimum Gasteiger partial charge on any atom is -0.383 e. The number of likely N-dealkylation sites (tertiary alicyclic amines) is 1. The molecule has 0 spiro atoms. The first-order valence-electron chi connectivity index (χ1n) is 12.2. The minimum absolute atomic E-state index is 0. The molecule has 1 saturated heterocycles. The Labute approximate surface area is 212 Å². The Bertz CT molecular complexity index is 658. The Morgan fingerprint density at radius 1 is 1.19 bits per heavy atom. The van der Waals surface area contributed by atoms with Crippen LogP contribution in [0.3, 0.4) is 0 Å². The predicted molar refractivity (Wildman–Crippen MR) is 145 cm³/mol. The van der Waals surface area contributed by atoms with E-state index in [4.69, 9.17) is 9.73 Å². The number of halogens is 1. The van der Waals surface area contributed by atoms with Crippen LogP contribution in [0.4, 0.5) is 0 Å². The van der Waals surface area contributed by atoms with Crippen LogP contribution in [0.2, 0.25) is 0 Å². The number of methoxy groups -OCH3 is 1. The van der Waals surface area contributed by atoms with Crippen molar-refractivity contribution in [3.63, 3.8) is 0 Å². The maximum atomic E-state index is 5.22. The van der Waals surface area contributed by atoms with Crippen molar-refractivity contribution < 1.29 is 4.74 Å². The standard InChI is InChI=1S/C25H43N5O.HI/c1-4-26-24(28-23-12-16-30(17-13-23)18-19-31-3)27-20-25(14-8-9-15-25)29-21(2)22-10-6-5-7-11-22;/h5-7,10-11,21,23,29H,4,8-9,12-20H2,1-3H3,(H2,26,27,28);1H. The van der Waals surface area contributed by atoms with Crippen LogP contribution in [0.25, 0.3) is 0 Å². The van der Waals surface area contributed by atoms with Crippen molar-refractivity contribution >= 4 is 29.9 Å². The summed E-state index contributed by atoms with van der Waals surface area (Å²) in [5.74, 6) is 0.971. The molecule has 3 N–H and O–H groups in total. The van der Waals surface area contributed by atoms with Gasteiger partial charge in [-0.3, -0.25) is 4.99 Å². The molecule has 1 unspecified atom stereocenters. The molecule has 1 atom stereocenters.